The zero-order valence-corrected chi connectivity index (χ0v) is 30.2. The second-order valence-electron chi connectivity index (χ2n) is 12.4. The summed E-state index contributed by atoms with van der Waals surface area (Å²) in [6.45, 7) is 1.28. The van der Waals surface area contributed by atoms with Crippen LogP contribution in [0, 0.1) is 18.3 Å². The summed E-state index contributed by atoms with van der Waals surface area (Å²) in [5.74, 6) is 1.33. The van der Waals surface area contributed by atoms with E-state index >= 15 is 0 Å². The van der Waals surface area contributed by atoms with Crippen molar-refractivity contribution in [3.8, 4) is 12.3 Å². The minimum absolute atomic E-state index is 0.163. The predicted molar refractivity (Wildman–Crippen MR) is 171 cm³/mol. The number of aliphatic hydroxyl groups excluding tert-OH is 2. The van der Waals surface area contributed by atoms with Crippen LogP contribution in [0.5, 0.6) is 0 Å². The Labute approximate surface area is 289 Å². The van der Waals surface area contributed by atoms with Gasteiger partial charge in [0.05, 0.1) is 50.2 Å². The third-order valence-electron chi connectivity index (χ3n) is 9.95. The molecule has 3 aliphatic rings. The maximum Gasteiger partial charge on any atom is 0.187 e. The van der Waals surface area contributed by atoms with Gasteiger partial charge in [0.1, 0.15) is 48.3 Å². The Morgan fingerprint density at radius 3 is 1.80 bits per heavy atom. The molecule has 286 valence electrons. The van der Waals surface area contributed by atoms with Gasteiger partial charge in [-0.2, -0.15) is 0 Å². The number of aliphatic hydroxyl groups is 3. The van der Waals surface area contributed by atoms with Gasteiger partial charge in [-0.3, -0.25) is 5.32 Å². The number of rotatable bonds is 18. The van der Waals surface area contributed by atoms with Gasteiger partial charge in [0, 0.05) is 69.9 Å². The molecule has 17 heteroatoms. The maximum atomic E-state index is 12.2. The molecular weight excluding hydrogens is 652 g/mol. The van der Waals surface area contributed by atoms with Crippen LogP contribution in [0.15, 0.2) is 0 Å². The van der Waals surface area contributed by atoms with E-state index in [-0.39, 0.29) is 13.2 Å². The highest BCUT2D eigenvalue weighted by Crippen LogP contribution is 2.40. The monoisotopic (exact) mass is 710 g/mol. The zero-order valence-electron chi connectivity index (χ0n) is 30.2. The molecule has 0 aromatic heterocycles. The van der Waals surface area contributed by atoms with Crippen LogP contribution in [0.1, 0.15) is 6.92 Å². The van der Waals surface area contributed by atoms with E-state index in [1.807, 2.05) is 6.92 Å². The Bertz CT molecular complexity index is 1010. The lowest BCUT2D eigenvalue weighted by molar-refractivity contribution is -0.355. The van der Waals surface area contributed by atoms with Crippen molar-refractivity contribution in [2.75, 3.05) is 83.8 Å². The summed E-state index contributed by atoms with van der Waals surface area (Å²) in [4.78, 5) is 0. The maximum absolute atomic E-state index is 12.2. The van der Waals surface area contributed by atoms with Gasteiger partial charge in [-0.05, 0) is 6.92 Å². The Hall–Kier alpha value is -1.12. The molecule has 3 fully saturated rings. The van der Waals surface area contributed by atoms with E-state index in [2.05, 4.69) is 16.6 Å². The van der Waals surface area contributed by atoms with Crippen molar-refractivity contribution < 1.29 is 72.2 Å². The molecule has 0 radical (unpaired) electrons. The molecule has 17 nitrogen and oxygen atoms in total. The van der Waals surface area contributed by atoms with E-state index in [1.165, 1.54) is 49.8 Å². The molecule has 3 rings (SSSR count). The van der Waals surface area contributed by atoms with Crippen LogP contribution in [0.4, 0.5) is 0 Å². The molecule has 49 heavy (non-hydrogen) atoms. The highest BCUT2D eigenvalue weighted by molar-refractivity contribution is 5.16. The lowest BCUT2D eigenvalue weighted by Gasteiger charge is -2.57. The van der Waals surface area contributed by atoms with E-state index in [4.69, 9.17) is 63.3 Å². The number of hydrogen-bond acceptors (Lipinski definition) is 17. The molecule has 2 aliphatic heterocycles. The van der Waals surface area contributed by atoms with Crippen LogP contribution in [0.2, 0.25) is 0 Å². The second kappa shape index (κ2) is 19.6. The van der Waals surface area contributed by atoms with E-state index in [0.29, 0.717) is 0 Å². The molecule has 17 atom stereocenters. The summed E-state index contributed by atoms with van der Waals surface area (Å²) in [6.07, 6.45) is -4.02. The van der Waals surface area contributed by atoms with Gasteiger partial charge >= 0.3 is 0 Å². The lowest BCUT2D eigenvalue weighted by Crippen LogP contribution is -2.80. The predicted octanol–water partition coefficient (Wildman–Crippen LogP) is -2.54. The molecule has 0 spiro atoms. The van der Waals surface area contributed by atoms with E-state index in [9.17, 15) is 15.3 Å². The quantitative estimate of drug-likeness (QED) is 0.0737. The van der Waals surface area contributed by atoms with Gasteiger partial charge in [-0.25, -0.2) is 0 Å². The lowest BCUT2D eigenvalue weighted by atomic mass is 9.66. The van der Waals surface area contributed by atoms with Gasteiger partial charge in [-0.1, -0.05) is 5.92 Å². The van der Waals surface area contributed by atoms with Gasteiger partial charge in [0.25, 0.3) is 0 Å². The first kappa shape index (κ1) is 42.3. The molecule has 0 aromatic rings. The summed E-state index contributed by atoms with van der Waals surface area (Å²) in [5.41, 5.74) is -1.80. The fraction of sp³-hybridized carbons (Fsp3) is 0.938. The third kappa shape index (κ3) is 8.75. The number of hydrogen-bond donors (Lipinski definition) is 5. The smallest absolute Gasteiger partial charge is 0.187 e. The van der Waals surface area contributed by atoms with Gasteiger partial charge < -0.3 is 77.5 Å². The van der Waals surface area contributed by atoms with Crippen molar-refractivity contribution in [2.24, 2.45) is 5.92 Å². The largest absolute Gasteiger partial charge is 0.396 e. The first-order chi connectivity index (χ1) is 23.5. The van der Waals surface area contributed by atoms with Crippen molar-refractivity contribution in [3.05, 3.63) is 0 Å². The Balaban J connectivity index is 2.01. The number of nitrogens with one attached hydrogen (secondary N) is 2. The highest BCUT2D eigenvalue weighted by atomic mass is 16.8. The average molecular weight is 711 g/mol. The van der Waals surface area contributed by atoms with Crippen molar-refractivity contribution in [1.29, 1.82) is 0 Å². The fourth-order valence-electron chi connectivity index (χ4n) is 7.67. The highest BCUT2D eigenvalue weighted by Gasteiger charge is 2.61. The topological polar surface area (TPSA) is 196 Å². The summed E-state index contributed by atoms with van der Waals surface area (Å²) in [6, 6.07) is -2.49. The molecule has 1 aliphatic carbocycles. The van der Waals surface area contributed by atoms with Crippen LogP contribution in [-0.2, 0) is 56.8 Å². The van der Waals surface area contributed by atoms with Crippen LogP contribution in [0.3, 0.4) is 0 Å². The fourth-order valence-corrected chi connectivity index (χ4v) is 7.67. The summed E-state index contributed by atoms with van der Waals surface area (Å²) < 4.78 is 71.0. The Morgan fingerprint density at radius 2 is 1.31 bits per heavy atom. The van der Waals surface area contributed by atoms with Crippen LogP contribution >= 0.6 is 0 Å². The Morgan fingerprint density at radius 1 is 0.735 bits per heavy atom. The van der Waals surface area contributed by atoms with Crippen LogP contribution in [-0.4, -0.2) is 197 Å². The van der Waals surface area contributed by atoms with Gasteiger partial charge in [-0.15, -0.1) is 6.42 Å². The first-order valence-corrected chi connectivity index (χ1v) is 16.2. The van der Waals surface area contributed by atoms with Crippen molar-refractivity contribution >= 4 is 0 Å². The zero-order chi connectivity index (χ0) is 36.5. The normalized spacial score (nSPS) is 43.6. The molecule has 0 aromatic carbocycles. The molecule has 0 amide bonds. The van der Waals surface area contributed by atoms with Crippen LogP contribution in [0.25, 0.3) is 0 Å². The molecule has 0 bridgehead atoms. The van der Waals surface area contributed by atoms with Crippen molar-refractivity contribution in [3.63, 3.8) is 0 Å². The third-order valence-corrected chi connectivity index (χ3v) is 9.95. The number of methoxy groups -OCH3 is 9. The Kier molecular flexibility index (Phi) is 17.0. The van der Waals surface area contributed by atoms with Gasteiger partial charge in [0.15, 0.2) is 18.8 Å². The minimum Gasteiger partial charge on any atom is -0.396 e. The molecule has 2 heterocycles. The van der Waals surface area contributed by atoms with Crippen molar-refractivity contribution in [1.82, 2.24) is 10.6 Å². The second-order valence-corrected chi connectivity index (χ2v) is 12.4. The van der Waals surface area contributed by atoms with E-state index in [0.717, 1.165) is 0 Å². The summed E-state index contributed by atoms with van der Waals surface area (Å²) >= 11 is 0. The van der Waals surface area contributed by atoms with Crippen molar-refractivity contribution in [2.45, 2.75) is 104 Å². The first-order valence-electron chi connectivity index (χ1n) is 16.2. The molecule has 2 saturated heterocycles. The molecule has 1 saturated carbocycles. The standard InChI is InChI=1S/C32H58N2O15/c1-12-19(36)33-29-21(25(42-7)22(40-5)17(13-35)32(29,37)15-39-4)34-20-16(2)47-31(27(44-9)24(20)41-6)49-23-18(14-38-3)48-30(46-11)28(45-10)26(23)43-8/h1,16-31,33-37H,13-15H2,2-11H3/t16?,17?,18?,19?,20?,21?,22-,23?,24-,25?,26-,27?,28?,29?,30?,31?,32?/m1/s1. The number of terminal acetylenes is 1. The molecule has 5 N–H and O–H groups in total. The van der Waals surface area contributed by atoms with Gasteiger partial charge in [0.2, 0.25) is 0 Å². The SMILES string of the molecule is C#CC(O)NC1C(NC2C(C)OC(OC3C(COC)OC(OC)C(OC)[C@@H]3OC)C(OC)[C@@H]2OC)C(OC)[C@H](OC)C(CO)C1(O)COC. The van der Waals surface area contributed by atoms with E-state index < -0.39 is 110 Å². The molecular formula is C32H58N2O15. The molecule has 14 unspecified atom stereocenters. The van der Waals surface area contributed by atoms with Crippen LogP contribution < -0.4 is 10.6 Å². The van der Waals surface area contributed by atoms with E-state index in [1.54, 1.807) is 14.2 Å². The summed E-state index contributed by atoms with van der Waals surface area (Å²) in [7, 11) is 13.6. The summed E-state index contributed by atoms with van der Waals surface area (Å²) in [5, 5.41) is 39.7. The minimum atomic E-state index is -1.80. The average Bonchev–Trinajstić information content (AvgIpc) is 3.10. The number of ether oxygens (including phenoxy) is 12.